The zero-order chi connectivity index (χ0) is 7.98. The first-order chi connectivity index (χ1) is 4.70. The van der Waals surface area contributed by atoms with Gasteiger partial charge in [-0.15, -0.1) is 0 Å². The first kappa shape index (κ1) is 9.71. The summed E-state index contributed by atoms with van der Waals surface area (Å²) in [6.07, 6.45) is 0. The Kier molecular flexibility index (Phi) is 5.33. The maximum Gasteiger partial charge on any atom is 0.360 e. The third kappa shape index (κ3) is 4.58. The van der Waals surface area contributed by atoms with E-state index in [1.165, 1.54) is 0 Å². The molecule has 0 aliphatic heterocycles. The lowest BCUT2D eigenvalue weighted by Gasteiger charge is -2.02. The Morgan fingerprint density at radius 3 is 2.70 bits per heavy atom. The summed E-state index contributed by atoms with van der Waals surface area (Å²) in [5.74, 6) is -0.491. The third-order valence-corrected chi connectivity index (χ3v) is 1.05. The molecule has 58 valence electrons. The molecule has 10 heavy (non-hydrogen) atoms. The van der Waals surface area contributed by atoms with E-state index in [-0.39, 0.29) is 11.0 Å². The molecule has 0 saturated carbocycles. The van der Waals surface area contributed by atoms with Crippen molar-refractivity contribution >= 4 is 36.1 Å². The van der Waals surface area contributed by atoms with E-state index >= 15 is 0 Å². The fourth-order valence-corrected chi connectivity index (χ4v) is 0.548. The van der Waals surface area contributed by atoms with Crippen LogP contribution in [0.5, 0.6) is 0 Å². The van der Waals surface area contributed by atoms with Crippen molar-refractivity contribution in [1.29, 1.82) is 0 Å². The second-order valence-corrected chi connectivity index (χ2v) is 1.96. The molecule has 0 amide bonds. The number of esters is 1. The van der Waals surface area contributed by atoms with Crippen molar-refractivity contribution in [2.24, 2.45) is 0 Å². The van der Waals surface area contributed by atoms with Crippen LogP contribution in [0.3, 0.4) is 0 Å². The molecule has 0 aromatic carbocycles. The molecule has 0 aliphatic carbocycles. The summed E-state index contributed by atoms with van der Waals surface area (Å²) in [6, 6.07) is 0. The molecule has 0 N–H and O–H groups in total. The zero-order valence-electron chi connectivity index (χ0n) is 5.49. The van der Waals surface area contributed by atoms with Crippen molar-refractivity contribution in [3.8, 4) is 0 Å². The lowest BCUT2D eigenvalue weighted by Crippen LogP contribution is -2.14. The normalized spacial score (nSPS) is 8.60. The SMILES string of the molecule is CCOC(=S)OC(=O)CS. The van der Waals surface area contributed by atoms with E-state index in [0.717, 1.165) is 0 Å². The Balaban J connectivity index is 3.47. The van der Waals surface area contributed by atoms with Gasteiger partial charge >= 0.3 is 11.2 Å². The van der Waals surface area contributed by atoms with Crippen molar-refractivity contribution in [1.82, 2.24) is 0 Å². The molecule has 0 aromatic rings. The maximum absolute atomic E-state index is 10.4. The Bertz CT molecular complexity index is 135. The van der Waals surface area contributed by atoms with Crippen LogP contribution in [0.15, 0.2) is 0 Å². The molecule has 0 aliphatic rings. The third-order valence-electron chi connectivity index (χ3n) is 0.588. The Labute approximate surface area is 70.1 Å². The second kappa shape index (κ2) is 5.49. The van der Waals surface area contributed by atoms with Crippen molar-refractivity contribution in [2.45, 2.75) is 6.92 Å². The summed E-state index contributed by atoms with van der Waals surface area (Å²) in [5, 5.41) is -0.137. The highest BCUT2D eigenvalue weighted by molar-refractivity contribution is 7.81. The van der Waals surface area contributed by atoms with Crippen LogP contribution in [0.2, 0.25) is 0 Å². The van der Waals surface area contributed by atoms with Gasteiger partial charge in [0.2, 0.25) is 0 Å². The predicted molar refractivity (Wildman–Crippen MR) is 44.2 cm³/mol. The van der Waals surface area contributed by atoms with Gasteiger partial charge in [-0.05, 0) is 6.92 Å². The van der Waals surface area contributed by atoms with Crippen LogP contribution in [-0.4, -0.2) is 23.6 Å². The molecular weight excluding hydrogens is 172 g/mol. The zero-order valence-corrected chi connectivity index (χ0v) is 7.21. The standard InChI is InChI=1S/C5H8O3S2/c1-2-7-5(10)8-4(6)3-9/h9H,2-3H2,1H3. The number of carbonyl (C=O) groups is 1. The van der Waals surface area contributed by atoms with Gasteiger partial charge in [0.1, 0.15) is 0 Å². The number of hydrogen-bond acceptors (Lipinski definition) is 5. The quantitative estimate of drug-likeness (QED) is 0.387. The van der Waals surface area contributed by atoms with Crippen molar-refractivity contribution in [3.63, 3.8) is 0 Å². The number of rotatable bonds is 2. The number of ether oxygens (including phenoxy) is 2. The number of carbonyl (C=O) groups excluding carboxylic acids is 1. The van der Waals surface area contributed by atoms with Crippen LogP contribution >= 0.6 is 24.8 Å². The van der Waals surface area contributed by atoms with Crippen LogP contribution in [0.4, 0.5) is 0 Å². The summed E-state index contributed by atoms with van der Waals surface area (Å²) < 4.78 is 9.10. The minimum absolute atomic E-state index is 0.00716. The van der Waals surface area contributed by atoms with E-state index in [9.17, 15) is 4.79 Å². The summed E-state index contributed by atoms with van der Waals surface area (Å²) in [7, 11) is 0. The van der Waals surface area contributed by atoms with Gasteiger partial charge in [0.25, 0.3) is 0 Å². The highest BCUT2D eigenvalue weighted by atomic mass is 32.1. The van der Waals surface area contributed by atoms with Gasteiger partial charge in [-0.1, -0.05) is 0 Å². The van der Waals surface area contributed by atoms with Crippen LogP contribution in [0.1, 0.15) is 6.92 Å². The van der Waals surface area contributed by atoms with Gasteiger partial charge in [-0.2, -0.15) is 12.6 Å². The lowest BCUT2D eigenvalue weighted by atomic mass is 10.8. The molecule has 0 fully saturated rings. The smallest absolute Gasteiger partial charge is 0.360 e. The average Bonchev–Trinajstić information content (AvgIpc) is 1.88. The van der Waals surface area contributed by atoms with Gasteiger partial charge in [0.15, 0.2) is 0 Å². The van der Waals surface area contributed by atoms with Gasteiger partial charge in [0.05, 0.1) is 12.4 Å². The van der Waals surface area contributed by atoms with E-state index in [4.69, 9.17) is 0 Å². The van der Waals surface area contributed by atoms with Crippen LogP contribution < -0.4 is 0 Å². The molecule has 0 unspecified atom stereocenters. The molecule has 0 bridgehead atoms. The van der Waals surface area contributed by atoms with E-state index in [2.05, 4.69) is 34.3 Å². The van der Waals surface area contributed by atoms with E-state index < -0.39 is 5.97 Å². The first-order valence-electron chi connectivity index (χ1n) is 2.69. The highest BCUT2D eigenvalue weighted by Gasteiger charge is 2.03. The topological polar surface area (TPSA) is 35.5 Å². The fraction of sp³-hybridized carbons (Fsp3) is 0.600. The number of thiocarbonyl (C=S) groups is 1. The molecule has 3 nitrogen and oxygen atoms in total. The van der Waals surface area contributed by atoms with Gasteiger partial charge < -0.3 is 9.47 Å². The molecule has 0 aromatic heterocycles. The molecular formula is C5H8O3S2. The largest absolute Gasteiger partial charge is 0.457 e. The number of thiol groups is 1. The van der Waals surface area contributed by atoms with Crippen LogP contribution in [0, 0.1) is 0 Å². The molecule has 5 heteroatoms. The molecule has 0 rings (SSSR count). The average molecular weight is 180 g/mol. The van der Waals surface area contributed by atoms with Crippen LogP contribution in [-0.2, 0) is 14.3 Å². The van der Waals surface area contributed by atoms with E-state index in [0.29, 0.717) is 6.61 Å². The van der Waals surface area contributed by atoms with Crippen molar-refractivity contribution in [2.75, 3.05) is 12.4 Å². The lowest BCUT2D eigenvalue weighted by molar-refractivity contribution is -0.133. The van der Waals surface area contributed by atoms with E-state index in [1.807, 2.05) is 0 Å². The summed E-state index contributed by atoms with van der Waals surface area (Å²) in [4.78, 5) is 10.4. The van der Waals surface area contributed by atoms with Gasteiger partial charge in [-0.3, -0.25) is 4.79 Å². The summed E-state index contributed by atoms with van der Waals surface area (Å²) >= 11 is 8.17. The first-order valence-corrected chi connectivity index (χ1v) is 3.73. The minimum atomic E-state index is -0.498. The minimum Gasteiger partial charge on any atom is -0.457 e. The Morgan fingerprint density at radius 1 is 1.70 bits per heavy atom. The summed E-state index contributed by atoms with van der Waals surface area (Å²) in [6.45, 7) is 2.15. The van der Waals surface area contributed by atoms with Gasteiger partial charge in [-0.25, -0.2) is 0 Å². The molecule has 0 spiro atoms. The van der Waals surface area contributed by atoms with Crippen molar-refractivity contribution in [3.05, 3.63) is 0 Å². The van der Waals surface area contributed by atoms with Gasteiger partial charge in [0, 0.05) is 12.2 Å². The summed E-state index contributed by atoms with van der Waals surface area (Å²) in [5.41, 5.74) is 0. The highest BCUT2D eigenvalue weighted by Crippen LogP contribution is 1.88. The molecule has 0 saturated heterocycles. The Morgan fingerprint density at radius 2 is 2.30 bits per heavy atom. The molecule has 0 radical (unpaired) electrons. The maximum atomic E-state index is 10.4. The van der Waals surface area contributed by atoms with Crippen LogP contribution in [0.25, 0.3) is 0 Å². The number of hydrogen-bond donors (Lipinski definition) is 1. The monoisotopic (exact) mass is 180 g/mol. The fourth-order valence-electron chi connectivity index (χ4n) is 0.273. The van der Waals surface area contributed by atoms with E-state index in [1.54, 1.807) is 6.92 Å². The second-order valence-electron chi connectivity index (χ2n) is 1.32. The van der Waals surface area contributed by atoms with Crippen molar-refractivity contribution < 1.29 is 14.3 Å². The Hall–Kier alpha value is -0.290. The molecule has 0 atom stereocenters. The molecule has 0 heterocycles. The predicted octanol–water partition coefficient (Wildman–Crippen LogP) is 0.781.